The molecule has 1 rings (SSSR count). The molecule has 0 saturated heterocycles. The Morgan fingerprint density at radius 1 is 1.08 bits per heavy atom. The Morgan fingerprint density at radius 2 is 1.62 bits per heavy atom. The Labute approximate surface area is 82.2 Å². The van der Waals surface area contributed by atoms with Crippen LogP contribution < -0.4 is 0 Å². The van der Waals surface area contributed by atoms with Crippen LogP contribution in [0.3, 0.4) is 0 Å². The highest BCUT2D eigenvalue weighted by Gasteiger charge is 2.34. The van der Waals surface area contributed by atoms with Gasteiger partial charge in [0.05, 0.1) is 5.76 Å². The summed E-state index contributed by atoms with van der Waals surface area (Å²) in [6.07, 6.45) is 1.10. The zero-order valence-electron chi connectivity index (χ0n) is 9.77. The van der Waals surface area contributed by atoms with Crippen LogP contribution in [0.4, 0.5) is 0 Å². The van der Waals surface area contributed by atoms with Gasteiger partial charge in [0, 0.05) is 12.3 Å². The largest absolute Gasteiger partial charge is 0.492 e. The number of hydrogen-bond donors (Lipinski definition) is 0. The van der Waals surface area contributed by atoms with E-state index in [2.05, 4.69) is 41.5 Å². The van der Waals surface area contributed by atoms with Crippen LogP contribution >= 0.6 is 0 Å². The molecule has 0 bridgehead atoms. The zero-order valence-corrected chi connectivity index (χ0v) is 9.77. The summed E-state index contributed by atoms with van der Waals surface area (Å²) >= 11 is 0. The van der Waals surface area contributed by atoms with Crippen molar-refractivity contribution in [3.63, 3.8) is 0 Å². The van der Waals surface area contributed by atoms with Gasteiger partial charge in [-0.2, -0.15) is 0 Å². The molecular formula is C12H22O. The highest BCUT2D eigenvalue weighted by molar-refractivity contribution is 5.20. The third kappa shape index (κ3) is 2.26. The molecule has 1 heterocycles. The van der Waals surface area contributed by atoms with Gasteiger partial charge in [-0.15, -0.1) is 0 Å². The average molecular weight is 182 g/mol. The van der Waals surface area contributed by atoms with Crippen molar-refractivity contribution >= 4 is 0 Å². The molecule has 1 aliphatic heterocycles. The van der Waals surface area contributed by atoms with Crippen molar-refractivity contribution in [2.45, 2.75) is 53.6 Å². The molecule has 0 aromatic heterocycles. The molecule has 0 saturated carbocycles. The molecule has 0 aromatic carbocycles. The first-order chi connectivity index (χ1) is 5.83. The lowest BCUT2D eigenvalue weighted by atomic mass is 9.91. The Balaban J connectivity index is 2.90. The van der Waals surface area contributed by atoms with Gasteiger partial charge in [-0.25, -0.2) is 0 Å². The average Bonchev–Trinajstić information content (AvgIpc) is 2.26. The molecule has 0 atom stereocenters. The summed E-state index contributed by atoms with van der Waals surface area (Å²) in [5.41, 5.74) is 1.54. The third-order valence-corrected chi connectivity index (χ3v) is 2.54. The van der Waals surface area contributed by atoms with Crippen molar-refractivity contribution < 1.29 is 4.74 Å². The molecule has 0 spiro atoms. The zero-order chi connectivity index (χ0) is 10.2. The predicted octanol–water partition coefficient (Wildman–Crippen LogP) is 3.75. The minimum absolute atomic E-state index is 0.0270. The van der Waals surface area contributed by atoms with E-state index in [1.807, 2.05) is 0 Å². The maximum atomic E-state index is 5.96. The summed E-state index contributed by atoms with van der Waals surface area (Å²) in [5, 5.41) is 0. The molecule has 1 nitrogen and oxygen atoms in total. The molecule has 0 aliphatic carbocycles. The minimum atomic E-state index is 0.0270. The SMILES string of the molecule is CC(C)C1=C(C(C)C)OC(C)(C)C1. The number of ether oxygens (including phenoxy) is 1. The van der Waals surface area contributed by atoms with Gasteiger partial charge in [0.2, 0.25) is 0 Å². The fourth-order valence-electron chi connectivity index (χ4n) is 1.92. The Morgan fingerprint density at radius 3 is 1.92 bits per heavy atom. The maximum Gasteiger partial charge on any atom is 0.107 e. The van der Waals surface area contributed by atoms with Crippen LogP contribution in [0, 0.1) is 11.8 Å². The van der Waals surface area contributed by atoms with Crippen LogP contribution in [-0.2, 0) is 4.74 Å². The molecular weight excluding hydrogens is 160 g/mol. The van der Waals surface area contributed by atoms with Crippen LogP contribution in [0.2, 0.25) is 0 Å². The second-order valence-electron chi connectivity index (χ2n) is 5.24. The Bertz CT molecular complexity index is 199. The van der Waals surface area contributed by atoms with Crippen molar-refractivity contribution in [3.8, 4) is 0 Å². The molecule has 0 fully saturated rings. The van der Waals surface area contributed by atoms with Gasteiger partial charge in [0.1, 0.15) is 5.60 Å². The molecule has 0 unspecified atom stereocenters. The fourth-order valence-corrected chi connectivity index (χ4v) is 1.92. The minimum Gasteiger partial charge on any atom is -0.492 e. The fraction of sp³-hybridized carbons (Fsp3) is 0.833. The van der Waals surface area contributed by atoms with Crippen LogP contribution in [-0.4, -0.2) is 5.60 Å². The summed E-state index contributed by atoms with van der Waals surface area (Å²) in [5.74, 6) is 2.39. The quantitative estimate of drug-likeness (QED) is 0.632. The van der Waals surface area contributed by atoms with Crippen LogP contribution in [0.1, 0.15) is 48.0 Å². The van der Waals surface area contributed by atoms with Gasteiger partial charge in [-0.05, 0) is 25.3 Å². The molecule has 76 valence electrons. The van der Waals surface area contributed by atoms with E-state index < -0.39 is 0 Å². The summed E-state index contributed by atoms with van der Waals surface area (Å²) in [6.45, 7) is 13.3. The van der Waals surface area contributed by atoms with Crippen LogP contribution in [0.5, 0.6) is 0 Å². The highest BCUT2D eigenvalue weighted by Crippen LogP contribution is 2.39. The van der Waals surface area contributed by atoms with E-state index in [9.17, 15) is 0 Å². The lowest BCUT2D eigenvalue weighted by Crippen LogP contribution is -2.19. The Hall–Kier alpha value is -0.460. The van der Waals surface area contributed by atoms with E-state index >= 15 is 0 Å². The summed E-state index contributed by atoms with van der Waals surface area (Å²) in [7, 11) is 0. The second kappa shape index (κ2) is 3.36. The first kappa shape index (κ1) is 10.6. The first-order valence-corrected chi connectivity index (χ1v) is 5.25. The van der Waals surface area contributed by atoms with Crippen LogP contribution in [0.15, 0.2) is 11.3 Å². The molecule has 0 N–H and O–H groups in total. The van der Waals surface area contributed by atoms with E-state index in [1.165, 1.54) is 11.3 Å². The first-order valence-electron chi connectivity index (χ1n) is 5.25. The third-order valence-electron chi connectivity index (χ3n) is 2.54. The van der Waals surface area contributed by atoms with E-state index in [1.54, 1.807) is 0 Å². The lowest BCUT2D eigenvalue weighted by molar-refractivity contribution is 0.0484. The van der Waals surface area contributed by atoms with Crippen LogP contribution in [0.25, 0.3) is 0 Å². The van der Waals surface area contributed by atoms with Crippen molar-refractivity contribution in [1.29, 1.82) is 0 Å². The summed E-state index contributed by atoms with van der Waals surface area (Å²) < 4.78 is 5.96. The van der Waals surface area contributed by atoms with Gasteiger partial charge in [0.15, 0.2) is 0 Å². The van der Waals surface area contributed by atoms with Gasteiger partial charge < -0.3 is 4.74 Å². The number of rotatable bonds is 2. The second-order valence-corrected chi connectivity index (χ2v) is 5.24. The summed E-state index contributed by atoms with van der Waals surface area (Å²) in [4.78, 5) is 0. The normalized spacial score (nSPS) is 21.5. The topological polar surface area (TPSA) is 9.23 Å². The molecule has 13 heavy (non-hydrogen) atoms. The summed E-state index contributed by atoms with van der Waals surface area (Å²) in [6, 6.07) is 0. The van der Waals surface area contributed by atoms with Gasteiger partial charge in [-0.3, -0.25) is 0 Å². The van der Waals surface area contributed by atoms with E-state index in [0.717, 1.165) is 6.42 Å². The monoisotopic (exact) mass is 182 g/mol. The molecule has 1 heteroatoms. The van der Waals surface area contributed by atoms with E-state index in [-0.39, 0.29) is 5.60 Å². The Kier molecular flexibility index (Phi) is 2.74. The van der Waals surface area contributed by atoms with Crippen molar-refractivity contribution in [2.24, 2.45) is 11.8 Å². The lowest BCUT2D eigenvalue weighted by Gasteiger charge is -2.20. The van der Waals surface area contributed by atoms with Gasteiger partial charge in [0.25, 0.3) is 0 Å². The number of hydrogen-bond acceptors (Lipinski definition) is 1. The van der Waals surface area contributed by atoms with E-state index in [0.29, 0.717) is 11.8 Å². The molecule has 1 aliphatic rings. The smallest absolute Gasteiger partial charge is 0.107 e. The maximum absolute atomic E-state index is 5.96. The van der Waals surface area contributed by atoms with Crippen molar-refractivity contribution in [1.82, 2.24) is 0 Å². The van der Waals surface area contributed by atoms with Crippen molar-refractivity contribution in [2.75, 3.05) is 0 Å². The van der Waals surface area contributed by atoms with Gasteiger partial charge >= 0.3 is 0 Å². The predicted molar refractivity (Wildman–Crippen MR) is 56.5 cm³/mol. The van der Waals surface area contributed by atoms with Gasteiger partial charge in [-0.1, -0.05) is 27.7 Å². The van der Waals surface area contributed by atoms with E-state index in [4.69, 9.17) is 4.74 Å². The molecule has 0 radical (unpaired) electrons. The highest BCUT2D eigenvalue weighted by atomic mass is 16.5. The molecule has 0 aromatic rings. The number of allylic oxidation sites excluding steroid dienone is 1. The van der Waals surface area contributed by atoms with Crippen molar-refractivity contribution in [3.05, 3.63) is 11.3 Å². The standard InChI is InChI=1S/C12H22O/c1-8(2)10-7-12(5,6)13-11(10)9(3)4/h8-9H,7H2,1-6H3. The molecule has 0 amide bonds.